The average Bonchev–Trinajstić information content (AvgIpc) is 2.53. The Morgan fingerprint density at radius 1 is 1.58 bits per heavy atom. The number of aryl methyl sites for hydroxylation is 1. The normalized spacial score (nSPS) is 24.2. The van der Waals surface area contributed by atoms with Gasteiger partial charge in [-0.2, -0.15) is 0 Å². The number of hydrogen-bond acceptors (Lipinski definition) is 3. The van der Waals surface area contributed by atoms with Crippen molar-refractivity contribution in [2.75, 3.05) is 19.7 Å². The van der Waals surface area contributed by atoms with Crippen LogP contribution < -0.4 is 5.32 Å². The van der Waals surface area contributed by atoms with Crippen LogP contribution in [-0.2, 0) is 4.74 Å². The molecule has 2 rings (SSSR count). The Morgan fingerprint density at radius 2 is 2.50 bits per heavy atom. The Balaban J connectivity index is 2.13. The number of hydrogen-bond donors (Lipinski definition) is 1. The highest BCUT2D eigenvalue weighted by Gasteiger charge is 2.19. The van der Waals surface area contributed by atoms with Gasteiger partial charge < -0.3 is 14.5 Å². The van der Waals surface area contributed by atoms with Crippen molar-refractivity contribution in [2.24, 2.45) is 0 Å². The second-order valence-electron chi connectivity index (χ2n) is 3.03. The van der Waals surface area contributed by atoms with Crippen LogP contribution in [0.1, 0.15) is 17.4 Å². The fourth-order valence-electron chi connectivity index (χ4n) is 1.45. The first-order chi connectivity index (χ1) is 5.88. The molecule has 0 aliphatic carbocycles. The average molecular weight is 167 g/mol. The maximum Gasteiger partial charge on any atom is 0.136 e. The number of rotatable bonds is 1. The molecule has 1 unspecified atom stereocenters. The van der Waals surface area contributed by atoms with Gasteiger partial charge in [0.15, 0.2) is 0 Å². The summed E-state index contributed by atoms with van der Waals surface area (Å²) in [6.07, 6.45) is 1.82. The highest BCUT2D eigenvalue weighted by molar-refractivity contribution is 5.17. The van der Waals surface area contributed by atoms with Crippen LogP contribution in [-0.4, -0.2) is 19.7 Å². The molecule has 1 aromatic heterocycles. The zero-order valence-corrected chi connectivity index (χ0v) is 7.17. The van der Waals surface area contributed by atoms with Crippen molar-refractivity contribution >= 4 is 0 Å². The van der Waals surface area contributed by atoms with Crippen LogP contribution in [0.5, 0.6) is 0 Å². The van der Waals surface area contributed by atoms with E-state index in [2.05, 4.69) is 5.32 Å². The van der Waals surface area contributed by atoms with E-state index in [1.54, 1.807) is 6.26 Å². The lowest BCUT2D eigenvalue weighted by atomic mass is 10.2. The molecule has 0 saturated carbocycles. The van der Waals surface area contributed by atoms with Gasteiger partial charge in [-0.15, -0.1) is 0 Å². The molecule has 3 nitrogen and oxygen atoms in total. The molecule has 1 aromatic rings. The zero-order valence-electron chi connectivity index (χ0n) is 7.17. The van der Waals surface area contributed by atoms with Gasteiger partial charge in [0.1, 0.15) is 11.9 Å². The van der Waals surface area contributed by atoms with E-state index < -0.39 is 0 Å². The second kappa shape index (κ2) is 3.29. The Morgan fingerprint density at radius 3 is 3.08 bits per heavy atom. The summed E-state index contributed by atoms with van der Waals surface area (Å²) in [4.78, 5) is 0. The molecule has 0 spiro atoms. The number of nitrogens with one attached hydrogen (secondary N) is 1. The van der Waals surface area contributed by atoms with E-state index in [0.717, 1.165) is 25.5 Å². The summed E-state index contributed by atoms with van der Waals surface area (Å²) in [5.41, 5.74) is 1.17. The first-order valence-electron chi connectivity index (χ1n) is 4.24. The molecule has 2 heterocycles. The largest absolute Gasteiger partial charge is 0.466 e. The lowest BCUT2D eigenvalue weighted by Crippen LogP contribution is -2.33. The summed E-state index contributed by atoms with van der Waals surface area (Å²) in [6, 6.07) is 1.97. The molecule has 0 bridgehead atoms. The lowest BCUT2D eigenvalue weighted by Gasteiger charge is -2.22. The maximum absolute atomic E-state index is 5.55. The third-order valence-electron chi connectivity index (χ3n) is 2.12. The minimum Gasteiger partial charge on any atom is -0.466 e. The van der Waals surface area contributed by atoms with Gasteiger partial charge in [0, 0.05) is 13.1 Å². The van der Waals surface area contributed by atoms with Crippen molar-refractivity contribution in [3.63, 3.8) is 0 Å². The molecular formula is C9H13NO2. The van der Waals surface area contributed by atoms with Crippen molar-refractivity contribution < 1.29 is 9.15 Å². The second-order valence-corrected chi connectivity index (χ2v) is 3.03. The van der Waals surface area contributed by atoms with Gasteiger partial charge in [-0.3, -0.25) is 0 Å². The zero-order chi connectivity index (χ0) is 8.39. The molecule has 1 N–H and O–H groups in total. The highest BCUT2D eigenvalue weighted by atomic mass is 16.5. The van der Waals surface area contributed by atoms with Crippen LogP contribution in [0.3, 0.4) is 0 Å². The van der Waals surface area contributed by atoms with Crippen LogP contribution in [0.4, 0.5) is 0 Å². The number of ether oxygens (including phenoxy) is 1. The molecule has 12 heavy (non-hydrogen) atoms. The Kier molecular flexibility index (Phi) is 2.15. The molecular weight excluding hydrogens is 154 g/mol. The Hall–Kier alpha value is -0.800. The molecule has 0 aromatic carbocycles. The van der Waals surface area contributed by atoms with E-state index in [-0.39, 0.29) is 6.10 Å². The Bertz CT molecular complexity index is 251. The van der Waals surface area contributed by atoms with E-state index in [1.807, 2.05) is 13.0 Å². The van der Waals surface area contributed by atoms with Gasteiger partial charge in [0.05, 0.1) is 12.9 Å². The molecule has 1 fully saturated rings. The summed E-state index contributed by atoms with van der Waals surface area (Å²) >= 11 is 0. The summed E-state index contributed by atoms with van der Waals surface area (Å²) < 4.78 is 10.9. The van der Waals surface area contributed by atoms with Crippen LogP contribution >= 0.6 is 0 Å². The third kappa shape index (κ3) is 1.38. The van der Waals surface area contributed by atoms with Gasteiger partial charge in [0.25, 0.3) is 0 Å². The predicted molar refractivity (Wildman–Crippen MR) is 45.0 cm³/mol. The van der Waals surface area contributed by atoms with E-state index in [9.17, 15) is 0 Å². The monoisotopic (exact) mass is 167 g/mol. The van der Waals surface area contributed by atoms with Crippen LogP contribution in [0.2, 0.25) is 0 Å². The van der Waals surface area contributed by atoms with Gasteiger partial charge in [-0.25, -0.2) is 0 Å². The van der Waals surface area contributed by atoms with Crippen molar-refractivity contribution in [3.05, 3.63) is 23.7 Å². The number of morpholine rings is 1. The van der Waals surface area contributed by atoms with Gasteiger partial charge in [-0.1, -0.05) is 0 Å². The quantitative estimate of drug-likeness (QED) is 0.683. The first kappa shape index (κ1) is 7.83. The summed E-state index contributed by atoms with van der Waals surface area (Å²) in [5.74, 6) is 0.960. The van der Waals surface area contributed by atoms with E-state index in [0.29, 0.717) is 0 Å². The molecule has 1 aliphatic rings. The lowest BCUT2D eigenvalue weighted by molar-refractivity contribution is 0.0138. The smallest absolute Gasteiger partial charge is 0.136 e. The van der Waals surface area contributed by atoms with E-state index in [4.69, 9.17) is 9.15 Å². The summed E-state index contributed by atoms with van der Waals surface area (Å²) in [5, 5.41) is 3.27. The molecule has 1 aliphatic heterocycles. The minimum absolute atomic E-state index is 0.105. The summed E-state index contributed by atoms with van der Waals surface area (Å²) in [7, 11) is 0. The van der Waals surface area contributed by atoms with Gasteiger partial charge >= 0.3 is 0 Å². The first-order valence-corrected chi connectivity index (χ1v) is 4.24. The topological polar surface area (TPSA) is 34.4 Å². The van der Waals surface area contributed by atoms with Crippen LogP contribution in [0.15, 0.2) is 16.7 Å². The molecule has 0 radical (unpaired) electrons. The van der Waals surface area contributed by atoms with Crippen molar-refractivity contribution in [3.8, 4) is 0 Å². The van der Waals surface area contributed by atoms with Crippen LogP contribution in [0.25, 0.3) is 0 Å². The maximum atomic E-state index is 5.55. The SMILES string of the molecule is Cc1ccoc1C1CNCCO1. The number of furan rings is 1. The summed E-state index contributed by atoms with van der Waals surface area (Å²) in [6.45, 7) is 4.60. The Labute approximate surface area is 71.7 Å². The van der Waals surface area contributed by atoms with Gasteiger partial charge in [-0.05, 0) is 18.6 Å². The molecule has 3 heteroatoms. The molecule has 1 saturated heterocycles. The third-order valence-corrected chi connectivity index (χ3v) is 2.12. The fraction of sp³-hybridized carbons (Fsp3) is 0.556. The highest BCUT2D eigenvalue weighted by Crippen LogP contribution is 2.22. The molecule has 1 atom stereocenters. The van der Waals surface area contributed by atoms with Crippen molar-refractivity contribution in [1.82, 2.24) is 5.32 Å². The fourth-order valence-corrected chi connectivity index (χ4v) is 1.45. The van der Waals surface area contributed by atoms with E-state index in [1.165, 1.54) is 5.56 Å². The molecule has 66 valence electrons. The minimum atomic E-state index is 0.105. The van der Waals surface area contributed by atoms with Crippen molar-refractivity contribution in [1.29, 1.82) is 0 Å². The van der Waals surface area contributed by atoms with Gasteiger partial charge in [0.2, 0.25) is 0 Å². The van der Waals surface area contributed by atoms with Crippen molar-refractivity contribution in [2.45, 2.75) is 13.0 Å². The van der Waals surface area contributed by atoms with E-state index >= 15 is 0 Å². The van der Waals surface area contributed by atoms with Crippen LogP contribution in [0, 0.1) is 6.92 Å². The standard InChI is InChI=1S/C9H13NO2/c1-7-2-4-12-9(7)8-6-10-3-5-11-8/h2,4,8,10H,3,5-6H2,1H3. The molecule has 0 amide bonds. The predicted octanol–water partition coefficient (Wildman–Crippen LogP) is 1.25.